The highest BCUT2D eigenvalue weighted by Gasteiger charge is 2.31. The number of nitrogens with zero attached hydrogens (tertiary/aromatic N) is 4. The molecule has 2 aromatic heterocycles. The van der Waals surface area contributed by atoms with Crippen LogP contribution in [0.15, 0.2) is 53.6 Å². The first-order valence-electron chi connectivity index (χ1n) is 11.9. The summed E-state index contributed by atoms with van der Waals surface area (Å²) in [6.07, 6.45) is -2.10. The zero-order valence-corrected chi connectivity index (χ0v) is 19.8. The van der Waals surface area contributed by atoms with E-state index in [1.807, 2.05) is 30.0 Å². The van der Waals surface area contributed by atoms with Crippen LogP contribution in [0.3, 0.4) is 0 Å². The fourth-order valence-corrected chi connectivity index (χ4v) is 4.71. The van der Waals surface area contributed by atoms with Crippen molar-refractivity contribution in [3.63, 3.8) is 0 Å². The van der Waals surface area contributed by atoms with Crippen molar-refractivity contribution in [2.75, 3.05) is 31.1 Å². The zero-order chi connectivity index (χ0) is 25.4. The van der Waals surface area contributed by atoms with Crippen molar-refractivity contribution in [3.05, 3.63) is 70.3 Å². The highest BCUT2D eigenvalue weighted by Crippen LogP contribution is 2.32. The zero-order valence-electron chi connectivity index (χ0n) is 19.8. The van der Waals surface area contributed by atoms with Gasteiger partial charge in [0.05, 0.1) is 11.9 Å². The van der Waals surface area contributed by atoms with Gasteiger partial charge < -0.3 is 14.8 Å². The van der Waals surface area contributed by atoms with Crippen molar-refractivity contribution in [2.24, 2.45) is 0 Å². The van der Waals surface area contributed by atoms with Crippen LogP contribution in [0.4, 0.5) is 18.9 Å². The maximum atomic E-state index is 13.0. The van der Waals surface area contributed by atoms with Crippen LogP contribution in [0.1, 0.15) is 24.0 Å². The molecule has 1 fully saturated rings. The summed E-state index contributed by atoms with van der Waals surface area (Å²) in [6.45, 7) is 4.17. The van der Waals surface area contributed by atoms with E-state index in [4.69, 9.17) is 0 Å². The second-order valence-electron chi connectivity index (χ2n) is 9.16. The highest BCUT2D eigenvalue weighted by atomic mass is 19.4. The molecule has 0 atom stereocenters. The van der Waals surface area contributed by atoms with Crippen molar-refractivity contribution in [3.8, 4) is 0 Å². The average Bonchev–Trinajstić information content (AvgIpc) is 3.23. The van der Waals surface area contributed by atoms with Gasteiger partial charge in [0, 0.05) is 55.7 Å². The summed E-state index contributed by atoms with van der Waals surface area (Å²) in [4.78, 5) is 36.9. The smallest absolute Gasteiger partial charge is 0.368 e. The minimum absolute atomic E-state index is 0.0261. The molecule has 0 spiro atoms. The van der Waals surface area contributed by atoms with E-state index in [0.717, 1.165) is 28.6 Å². The molecular weight excluding hydrogens is 471 g/mol. The molecule has 188 valence electrons. The number of carbonyl (C=O) groups excluding carboxylic acids is 1. The lowest BCUT2D eigenvalue weighted by Crippen LogP contribution is -2.48. The highest BCUT2D eigenvalue weighted by molar-refractivity contribution is 6.04. The quantitative estimate of drug-likeness (QED) is 0.445. The molecule has 1 N–H and O–H groups in total. The number of piperazine rings is 1. The number of aryl methyl sites for hydroxylation is 2. The van der Waals surface area contributed by atoms with Crippen molar-refractivity contribution in [2.45, 2.75) is 32.5 Å². The van der Waals surface area contributed by atoms with Crippen molar-refractivity contribution >= 4 is 33.5 Å². The Kier molecular flexibility index (Phi) is 6.19. The summed E-state index contributed by atoms with van der Waals surface area (Å²) >= 11 is 0. The van der Waals surface area contributed by atoms with E-state index >= 15 is 0 Å². The second-order valence-corrected chi connectivity index (χ2v) is 9.16. The number of carbonyl (C=O) groups is 1. The fraction of sp³-hybridized carbons (Fsp3) is 0.346. The van der Waals surface area contributed by atoms with Gasteiger partial charge in [-0.3, -0.25) is 14.2 Å². The summed E-state index contributed by atoms with van der Waals surface area (Å²) < 4.78 is 40.5. The molecule has 1 saturated heterocycles. The third-order valence-corrected chi connectivity index (χ3v) is 6.69. The van der Waals surface area contributed by atoms with E-state index in [9.17, 15) is 22.8 Å². The van der Waals surface area contributed by atoms with E-state index in [2.05, 4.69) is 9.97 Å². The Bertz CT molecular complexity index is 1480. The monoisotopic (exact) mass is 497 g/mol. The number of anilines is 1. The molecule has 10 heteroatoms. The number of alkyl halides is 3. The maximum Gasteiger partial charge on any atom is 0.416 e. The van der Waals surface area contributed by atoms with Crippen LogP contribution in [-0.4, -0.2) is 51.5 Å². The first kappa shape index (κ1) is 23.9. The molecule has 2 aromatic carbocycles. The van der Waals surface area contributed by atoms with Gasteiger partial charge in [-0.25, -0.2) is 4.98 Å². The number of nitrogens with one attached hydrogen (secondary N) is 1. The van der Waals surface area contributed by atoms with E-state index in [1.54, 1.807) is 11.0 Å². The number of hydrogen-bond acceptors (Lipinski definition) is 4. The fourth-order valence-electron chi connectivity index (χ4n) is 4.71. The molecule has 1 aliphatic rings. The Labute approximate surface area is 205 Å². The molecule has 1 aliphatic heterocycles. The van der Waals surface area contributed by atoms with E-state index in [-0.39, 0.29) is 17.9 Å². The molecule has 0 saturated carbocycles. The standard InChI is InChI=1S/C26H26F3N5O2/c1-17-7-8-21-20(14-17)23-24(31-21)25(36)34(16-30-23)9-3-6-22(35)33-12-10-32(11-13-33)19-5-2-4-18(15-19)26(27,28)29/h2,4-5,7-8,14-16,31H,3,6,9-13H2,1H3. The first-order chi connectivity index (χ1) is 17.2. The molecule has 0 unspecified atom stereocenters. The minimum atomic E-state index is -4.39. The van der Waals surface area contributed by atoms with Crippen molar-refractivity contribution < 1.29 is 18.0 Å². The van der Waals surface area contributed by atoms with Gasteiger partial charge in [0.15, 0.2) is 0 Å². The van der Waals surface area contributed by atoms with E-state index in [1.165, 1.54) is 17.0 Å². The molecular formula is C26H26F3N5O2. The van der Waals surface area contributed by atoms with Gasteiger partial charge in [-0.05, 0) is 43.7 Å². The van der Waals surface area contributed by atoms with Crippen LogP contribution >= 0.6 is 0 Å². The Hall–Kier alpha value is -3.82. The van der Waals surface area contributed by atoms with Gasteiger partial charge in [-0.1, -0.05) is 17.7 Å². The number of aromatic amines is 1. The molecule has 36 heavy (non-hydrogen) atoms. The topological polar surface area (TPSA) is 74.2 Å². The number of hydrogen-bond donors (Lipinski definition) is 1. The van der Waals surface area contributed by atoms with Crippen LogP contribution in [0.5, 0.6) is 0 Å². The van der Waals surface area contributed by atoms with E-state index in [0.29, 0.717) is 55.9 Å². The minimum Gasteiger partial charge on any atom is -0.368 e. The van der Waals surface area contributed by atoms with Crippen LogP contribution in [0.2, 0.25) is 0 Å². The number of rotatable bonds is 5. The number of halogens is 3. The molecule has 0 aliphatic carbocycles. The van der Waals surface area contributed by atoms with Crippen molar-refractivity contribution in [1.29, 1.82) is 0 Å². The Morgan fingerprint density at radius 1 is 1.08 bits per heavy atom. The van der Waals surface area contributed by atoms with Gasteiger partial charge in [0.2, 0.25) is 5.91 Å². The SMILES string of the molecule is Cc1ccc2[nH]c3c(=O)n(CCCC(=O)N4CCN(c5cccc(C(F)(F)F)c5)CC4)cnc3c2c1. The predicted molar refractivity (Wildman–Crippen MR) is 132 cm³/mol. The van der Waals surface area contributed by atoms with E-state index < -0.39 is 11.7 Å². The summed E-state index contributed by atoms with van der Waals surface area (Å²) in [6, 6.07) is 11.2. The molecule has 1 amide bonds. The summed E-state index contributed by atoms with van der Waals surface area (Å²) in [7, 11) is 0. The molecule has 0 radical (unpaired) electrons. The number of aromatic nitrogens is 3. The number of H-pyrrole nitrogens is 1. The lowest BCUT2D eigenvalue weighted by molar-refractivity contribution is -0.137. The second kappa shape index (κ2) is 9.33. The predicted octanol–water partition coefficient (Wildman–Crippen LogP) is 4.33. The maximum absolute atomic E-state index is 13.0. The summed E-state index contributed by atoms with van der Waals surface area (Å²) in [5.41, 5.74) is 2.70. The van der Waals surface area contributed by atoms with Gasteiger partial charge in [0.25, 0.3) is 5.56 Å². The lowest BCUT2D eigenvalue weighted by Gasteiger charge is -2.36. The molecule has 0 bridgehead atoms. The lowest BCUT2D eigenvalue weighted by atomic mass is 10.1. The summed E-state index contributed by atoms with van der Waals surface area (Å²) in [5, 5.41) is 0.911. The number of amides is 1. The normalized spacial score (nSPS) is 14.7. The molecule has 7 nitrogen and oxygen atoms in total. The Morgan fingerprint density at radius 2 is 1.86 bits per heavy atom. The van der Waals surface area contributed by atoms with Crippen LogP contribution in [-0.2, 0) is 17.5 Å². The van der Waals surface area contributed by atoms with Crippen LogP contribution in [0.25, 0.3) is 21.9 Å². The molecule has 4 aromatic rings. The van der Waals surface area contributed by atoms with Gasteiger partial charge in [-0.2, -0.15) is 13.2 Å². The average molecular weight is 498 g/mol. The van der Waals surface area contributed by atoms with Gasteiger partial charge in [0.1, 0.15) is 11.0 Å². The van der Waals surface area contributed by atoms with Crippen LogP contribution in [0, 0.1) is 6.92 Å². The third-order valence-electron chi connectivity index (χ3n) is 6.69. The Morgan fingerprint density at radius 3 is 2.61 bits per heavy atom. The summed E-state index contributed by atoms with van der Waals surface area (Å²) in [5.74, 6) is -0.0261. The van der Waals surface area contributed by atoms with Crippen LogP contribution < -0.4 is 10.5 Å². The first-order valence-corrected chi connectivity index (χ1v) is 11.9. The number of benzene rings is 2. The largest absolute Gasteiger partial charge is 0.416 e. The third kappa shape index (κ3) is 4.67. The Balaban J connectivity index is 1.17. The molecule has 5 rings (SSSR count). The van der Waals surface area contributed by atoms with Gasteiger partial charge in [-0.15, -0.1) is 0 Å². The molecule has 3 heterocycles. The van der Waals surface area contributed by atoms with Gasteiger partial charge >= 0.3 is 6.18 Å². The number of fused-ring (bicyclic) bond motifs is 3. The van der Waals surface area contributed by atoms with Crippen molar-refractivity contribution in [1.82, 2.24) is 19.4 Å².